The van der Waals surface area contributed by atoms with Gasteiger partial charge in [-0.25, -0.2) is 4.98 Å². The highest BCUT2D eigenvalue weighted by Crippen LogP contribution is 2.26. The molecule has 0 saturated carbocycles. The highest BCUT2D eigenvalue weighted by Gasteiger charge is 2.02. The molecule has 0 aliphatic carbocycles. The molecule has 0 bridgehead atoms. The van der Waals surface area contributed by atoms with E-state index < -0.39 is 0 Å². The number of nitrogen functional groups attached to an aromatic ring is 1. The van der Waals surface area contributed by atoms with Crippen LogP contribution in [0.1, 0.15) is 11.1 Å². The standard InChI is InChI=1S/C11H6N6S/c12-4-7-1-2-9(3-8(7)5-13)16-17-10-6-15-11(14)18-10/h1-3,6H,(H2,14,15). The van der Waals surface area contributed by atoms with Crippen LogP contribution in [-0.2, 0) is 0 Å². The second kappa shape index (κ2) is 5.04. The van der Waals surface area contributed by atoms with E-state index in [0.717, 1.165) is 0 Å². The Bertz CT molecular complexity index is 688. The molecule has 0 atom stereocenters. The van der Waals surface area contributed by atoms with E-state index in [4.69, 9.17) is 16.3 Å². The summed E-state index contributed by atoms with van der Waals surface area (Å²) >= 11 is 1.21. The number of azo groups is 1. The van der Waals surface area contributed by atoms with Crippen molar-refractivity contribution in [3.8, 4) is 12.1 Å². The fraction of sp³-hybridized carbons (Fsp3) is 0. The van der Waals surface area contributed by atoms with E-state index in [1.165, 1.54) is 29.7 Å². The van der Waals surface area contributed by atoms with E-state index in [2.05, 4.69) is 15.2 Å². The van der Waals surface area contributed by atoms with Gasteiger partial charge in [0.15, 0.2) is 10.1 Å². The third-order valence-corrected chi connectivity index (χ3v) is 2.73. The quantitative estimate of drug-likeness (QED) is 0.830. The van der Waals surface area contributed by atoms with Gasteiger partial charge in [0.2, 0.25) is 0 Å². The van der Waals surface area contributed by atoms with Gasteiger partial charge in [0.25, 0.3) is 0 Å². The van der Waals surface area contributed by atoms with Crippen molar-refractivity contribution in [2.24, 2.45) is 10.2 Å². The number of anilines is 1. The lowest BCUT2D eigenvalue weighted by Gasteiger charge is -1.95. The Hall–Kier alpha value is -2.77. The molecule has 1 heterocycles. The second-order valence-electron chi connectivity index (χ2n) is 3.19. The van der Waals surface area contributed by atoms with Gasteiger partial charge < -0.3 is 5.73 Å². The van der Waals surface area contributed by atoms with Gasteiger partial charge in [-0.15, -0.1) is 10.2 Å². The summed E-state index contributed by atoms with van der Waals surface area (Å²) in [5.41, 5.74) is 6.55. The highest BCUT2D eigenvalue weighted by atomic mass is 32.1. The third kappa shape index (κ3) is 2.48. The number of aromatic nitrogens is 1. The van der Waals surface area contributed by atoms with Crippen LogP contribution in [0.5, 0.6) is 0 Å². The van der Waals surface area contributed by atoms with Crippen LogP contribution in [-0.4, -0.2) is 4.98 Å². The molecule has 2 aromatic rings. The Balaban J connectivity index is 2.28. The van der Waals surface area contributed by atoms with Gasteiger partial charge in [0.05, 0.1) is 23.0 Å². The Morgan fingerprint density at radius 2 is 1.94 bits per heavy atom. The van der Waals surface area contributed by atoms with Crippen LogP contribution in [0.4, 0.5) is 15.8 Å². The zero-order chi connectivity index (χ0) is 13.0. The number of hydrogen-bond acceptors (Lipinski definition) is 7. The molecule has 86 valence electrons. The number of hydrogen-bond donors (Lipinski definition) is 1. The van der Waals surface area contributed by atoms with Gasteiger partial charge in [0, 0.05) is 0 Å². The SMILES string of the molecule is N#Cc1ccc(N=Nc2cnc(N)s2)cc1C#N. The Kier molecular flexibility index (Phi) is 3.28. The Morgan fingerprint density at radius 3 is 2.56 bits per heavy atom. The fourth-order valence-corrected chi connectivity index (χ4v) is 1.72. The van der Waals surface area contributed by atoms with Crippen LogP contribution in [0.2, 0.25) is 0 Å². The lowest BCUT2D eigenvalue weighted by atomic mass is 10.1. The summed E-state index contributed by atoms with van der Waals surface area (Å²) in [6.07, 6.45) is 1.51. The largest absolute Gasteiger partial charge is 0.375 e. The minimum atomic E-state index is 0.276. The number of nitrogens with zero attached hydrogens (tertiary/aromatic N) is 5. The molecule has 2 N–H and O–H groups in total. The summed E-state index contributed by atoms with van der Waals surface area (Å²) in [5, 5.41) is 26.5. The zero-order valence-electron chi connectivity index (χ0n) is 9.03. The van der Waals surface area contributed by atoms with E-state index in [0.29, 0.717) is 21.4 Å². The Morgan fingerprint density at radius 1 is 1.17 bits per heavy atom. The monoisotopic (exact) mass is 254 g/mol. The molecule has 0 spiro atoms. The van der Waals surface area contributed by atoms with Crippen molar-refractivity contribution in [2.75, 3.05) is 5.73 Å². The van der Waals surface area contributed by atoms with Crippen molar-refractivity contribution in [3.63, 3.8) is 0 Å². The molecular weight excluding hydrogens is 248 g/mol. The van der Waals surface area contributed by atoms with Crippen LogP contribution in [0.3, 0.4) is 0 Å². The summed E-state index contributed by atoms with van der Waals surface area (Å²) in [5.74, 6) is 0. The predicted octanol–water partition coefficient (Wildman–Crippen LogP) is 2.88. The molecule has 0 unspecified atom stereocenters. The smallest absolute Gasteiger partial charge is 0.182 e. The molecule has 0 aliphatic rings. The van der Waals surface area contributed by atoms with Gasteiger partial charge in [-0.2, -0.15) is 10.5 Å². The first kappa shape index (κ1) is 11.7. The summed E-state index contributed by atoms with van der Waals surface area (Å²) in [6.45, 7) is 0. The molecule has 2 rings (SSSR count). The molecule has 0 saturated heterocycles. The maximum absolute atomic E-state index is 8.86. The molecule has 18 heavy (non-hydrogen) atoms. The van der Waals surface area contributed by atoms with Gasteiger partial charge in [-0.3, -0.25) is 0 Å². The first-order chi connectivity index (χ1) is 8.72. The second-order valence-corrected chi connectivity index (χ2v) is 4.23. The summed E-state index contributed by atoms with van der Waals surface area (Å²) in [6, 6.07) is 8.53. The van der Waals surface area contributed by atoms with Crippen molar-refractivity contribution in [3.05, 3.63) is 35.5 Å². The summed E-state index contributed by atoms with van der Waals surface area (Å²) in [7, 11) is 0. The van der Waals surface area contributed by atoms with Gasteiger partial charge in [0.1, 0.15) is 12.1 Å². The molecule has 0 radical (unpaired) electrons. The summed E-state index contributed by atoms with van der Waals surface area (Å²) < 4.78 is 0. The molecule has 0 amide bonds. The first-order valence-electron chi connectivity index (χ1n) is 4.80. The topological polar surface area (TPSA) is 111 Å². The number of nitrogens with two attached hydrogens (primary N) is 1. The van der Waals surface area contributed by atoms with Gasteiger partial charge in [-0.1, -0.05) is 11.3 Å². The molecule has 6 nitrogen and oxygen atoms in total. The van der Waals surface area contributed by atoms with Crippen molar-refractivity contribution in [2.45, 2.75) is 0 Å². The highest BCUT2D eigenvalue weighted by molar-refractivity contribution is 7.18. The van der Waals surface area contributed by atoms with Crippen molar-refractivity contribution < 1.29 is 0 Å². The zero-order valence-corrected chi connectivity index (χ0v) is 9.85. The maximum atomic E-state index is 8.86. The minimum Gasteiger partial charge on any atom is -0.375 e. The van der Waals surface area contributed by atoms with E-state index >= 15 is 0 Å². The van der Waals surface area contributed by atoms with Crippen LogP contribution < -0.4 is 5.73 Å². The molecule has 7 heteroatoms. The van der Waals surface area contributed by atoms with Gasteiger partial charge >= 0.3 is 0 Å². The molecule has 1 aromatic heterocycles. The average Bonchev–Trinajstić information content (AvgIpc) is 2.81. The molecule has 0 aliphatic heterocycles. The van der Waals surface area contributed by atoms with E-state index in [1.807, 2.05) is 12.1 Å². The third-order valence-electron chi connectivity index (χ3n) is 2.02. The van der Waals surface area contributed by atoms with Crippen LogP contribution in [0, 0.1) is 22.7 Å². The van der Waals surface area contributed by atoms with Crippen molar-refractivity contribution in [1.29, 1.82) is 10.5 Å². The van der Waals surface area contributed by atoms with Crippen molar-refractivity contribution in [1.82, 2.24) is 4.98 Å². The lowest BCUT2D eigenvalue weighted by Crippen LogP contribution is -1.81. The van der Waals surface area contributed by atoms with Gasteiger partial charge in [-0.05, 0) is 18.2 Å². The predicted molar refractivity (Wildman–Crippen MR) is 66.6 cm³/mol. The van der Waals surface area contributed by atoms with Crippen LogP contribution >= 0.6 is 11.3 Å². The molecule has 0 fully saturated rings. The van der Waals surface area contributed by atoms with E-state index in [-0.39, 0.29) is 5.56 Å². The lowest BCUT2D eigenvalue weighted by molar-refractivity contribution is 1.24. The van der Waals surface area contributed by atoms with Crippen LogP contribution in [0.15, 0.2) is 34.6 Å². The maximum Gasteiger partial charge on any atom is 0.182 e. The number of benzene rings is 1. The number of rotatable bonds is 2. The molecular formula is C11H6N6S. The number of thiazole rings is 1. The van der Waals surface area contributed by atoms with Crippen LogP contribution in [0.25, 0.3) is 0 Å². The van der Waals surface area contributed by atoms with E-state index in [9.17, 15) is 0 Å². The Labute approximate surface area is 107 Å². The summed E-state index contributed by atoms with van der Waals surface area (Å²) in [4.78, 5) is 3.84. The normalized spacial score (nSPS) is 10.1. The number of nitriles is 2. The van der Waals surface area contributed by atoms with E-state index in [1.54, 1.807) is 6.07 Å². The molecule has 1 aromatic carbocycles. The fourth-order valence-electron chi connectivity index (χ4n) is 1.22. The first-order valence-corrected chi connectivity index (χ1v) is 5.62. The van der Waals surface area contributed by atoms with Crippen molar-refractivity contribution >= 4 is 27.2 Å². The average molecular weight is 254 g/mol. The minimum absolute atomic E-state index is 0.276.